The summed E-state index contributed by atoms with van der Waals surface area (Å²) in [5.74, 6) is 0.171. The van der Waals surface area contributed by atoms with Gasteiger partial charge in [-0.15, -0.1) is 11.6 Å². The van der Waals surface area contributed by atoms with Gasteiger partial charge in [-0.3, -0.25) is 9.59 Å². The predicted molar refractivity (Wildman–Crippen MR) is 76.2 cm³/mol. The zero-order chi connectivity index (χ0) is 14.3. The summed E-state index contributed by atoms with van der Waals surface area (Å²) in [5.41, 5.74) is 1.05. The highest BCUT2D eigenvalue weighted by Crippen LogP contribution is 2.26. The normalized spacial score (nSPS) is 10.1. The number of carbonyl (C=O) groups excluding carboxylic acids is 2. The van der Waals surface area contributed by atoms with Crippen molar-refractivity contribution in [3.63, 3.8) is 0 Å². The number of nitrogens with one attached hydrogen (secondary N) is 1. The molecule has 0 bridgehead atoms. The summed E-state index contributed by atoms with van der Waals surface area (Å²) in [7, 11) is 0. The summed E-state index contributed by atoms with van der Waals surface area (Å²) in [6.45, 7) is 4.23. The maximum atomic E-state index is 11.6. The number of Topliss-reactive ketones (excluding diaryl/α,β-unsaturated/α-hetero) is 1. The van der Waals surface area contributed by atoms with Crippen LogP contribution in [0, 0.1) is 0 Å². The van der Waals surface area contributed by atoms with Crippen LogP contribution < -0.4 is 10.1 Å². The van der Waals surface area contributed by atoms with Crippen molar-refractivity contribution in [2.45, 2.75) is 26.7 Å². The Morgan fingerprint density at radius 2 is 2.05 bits per heavy atom. The molecule has 0 fully saturated rings. The number of carbonyl (C=O) groups is 2. The van der Waals surface area contributed by atoms with Crippen LogP contribution in [0.15, 0.2) is 18.2 Å². The van der Waals surface area contributed by atoms with Crippen LogP contribution in [0.1, 0.15) is 37.0 Å². The van der Waals surface area contributed by atoms with E-state index in [2.05, 4.69) is 5.32 Å². The quantitative estimate of drug-likeness (QED) is 0.617. The number of alkyl halides is 1. The number of anilines is 1. The Morgan fingerprint density at radius 3 is 2.63 bits per heavy atom. The number of rotatable bonds is 7. The van der Waals surface area contributed by atoms with Gasteiger partial charge in [-0.25, -0.2) is 0 Å². The fourth-order valence-corrected chi connectivity index (χ4v) is 1.75. The zero-order valence-corrected chi connectivity index (χ0v) is 11.9. The van der Waals surface area contributed by atoms with Gasteiger partial charge in [0.25, 0.3) is 0 Å². The number of hydrogen-bond acceptors (Lipinski definition) is 3. The Morgan fingerprint density at radius 1 is 1.32 bits per heavy atom. The topological polar surface area (TPSA) is 55.4 Å². The lowest BCUT2D eigenvalue weighted by atomic mass is 10.1. The van der Waals surface area contributed by atoms with Gasteiger partial charge in [0.15, 0.2) is 5.78 Å². The van der Waals surface area contributed by atoms with Crippen molar-refractivity contribution < 1.29 is 14.3 Å². The summed E-state index contributed by atoms with van der Waals surface area (Å²) in [5, 5.41) is 2.77. The van der Waals surface area contributed by atoms with E-state index in [1.807, 2.05) is 13.8 Å². The monoisotopic (exact) mass is 283 g/mol. The number of amides is 1. The molecule has 0 heterocycles. The summed E-state index contributed by atoms with van der Waals surface area (Å²) in [6.07, 6.45) is 1.23. The van der Waals surface area contributed by atoms with Gasteiger partial charge in [-0.1, -0.05) is 6.92 Å². The van der Waals surface area contributed by atoms with Gasteiger partial charge in [0, 0.05) is 12.0 Å². The lowest BCUT2D eigenvalue weighted by molar-refractivity contribution is -0.116. The molecule has 1 rings (SSSR count). The molecule has 0 aromatic heterocycles. The van der Waals surface area contributed by atoms with Crippen LogP contribution in [-0.2, 0) is 4.79 Å². The molecule has 1 N–H and O–H groups in total. The predicted octanol–water partition coefficient (Wildman–Crippen LogP) is 3.25. The third kappa shape index (κ3) is 4.56. The molecule has 0 saturated carbocycles. The van der Waals surface area contributed by atoms with Crippen molar-refractivity contribution in [1.82, 2.24) is 0 Å². The van der Waals surface area contributed by atoms with E-state index in [-0.39, 0.29) is 17.6 Å². The molecule has 0 spiro atoms. The summed E-state index contributed by atoms with van der Waals surface area (Å²) < 4.78 is 5.44. The lowest BCUT2D eigenvalue weighted by Crippen LogP contribution is -2.12. The number of halogens is 1. The highest BCUT2D eigenvalue weighted by atomic mass is 35.5. The van der Waals surface area contributed by atoms with Crippen molar-refractivity contribution in [3.8, 4) is 5.75 Å². The second kappa shape index (κ2) is 7.79. The van der Waals surface area contributed by atoms with Gasteiger partial charge in [0.05, 0.1) is 18.2 Å². The molecule has 19 heavy (non-hydrogen) atoms. The number of ether oxygens (including phenoxy) is 1. The average Bonchev–Trinajstić information content (AvgIpc) is 2.40. The third-order valence-electron chi connectivity index (χ3n) is 2.48. The fraction of sp³-hybridized carbons (Fsp3) is 0.429. The fourth-order valence-electron chi connectivity index (χ4n) is 1.59. The van der Waals surface area contributed by atoms with E-state index in [0.717, 1.165) is 6.42 Å². The Bertz CT molecular complexity index is 460. The Balaban J connectivity index is 2.97. The largest absolute Gasteiger partial charge is 0.492 e. The van der Waals surface area contributed by atoms with Crippen LogP contribution in [0.3, 0.4) is 0 Å². The maximum Gasteiger partial charge on any atom is 0.224 e. The van der Waals surface area contributed by atoms with Crippen LogP contribution in [-0.4, -0.2) is 24.2 Å². The molecule has 1 amide bonds. The van der Waals surface area contributed by atoms with Gasteiger partial charge >= 0.3 is 0 Å². The maximum absolute atomic E-state index is 11.6. The van der Waals surface area contributed by atoms with Crippen molar-refractivity contribution >= 4 is 29.0 Å². The van der Waals surface area contributed by atoms with Gasteiger partial charge in [-0.2, -0.15) is 0 Å². The van der Waals surface area contributed by atoms with Crippen molar-refractivity contribution in [2.24, 2.45) is 0 Å². The average molecular weight is 284 g/mol. The first kappa shape index (κ1) is 15.5. The van der Waals surface area contributed by atoms with E-state index < -0.39 is 0 Å². The molecule has 0 atom stereocenters. The van der Waals surface area contributed by atoms with Crippen LogP contribution in [0.2, 0.25) is 0 Å². The molecule has 0 aliphatic carbocycles. The standard InChI is InChI=1S/C14H18ClNO3/c1-3-5-14(18)16-11-7-6-10(12(17)9-15)8-13(11)19-4-2/h6-8H,3-5,9H2,1-2H3,(H,16,18). The molecule has 5 heteroatoms. The molecule has 1 aromatic carbocycles. The minimum atomic E-state index is -0.172. The first-order valence-corrected chi connectivity index (χ1v) is 6.81. The van der Waals surface area contributed by atoms with E-state index in [4.69, 9.17) is 16.3 Å². The Labute approximate surface area is 118 Å². The minimum Gasteiger partial charge on any atom is -0.492 e. The molecule has 0 saturated heterocycles. The van der Waals surface area contributed by atoms with E-state index >= 15 is 0 Å². The van der Waals surface area contributed by atoms with Gasteiger partial charge in [0.2, 0.25) is 5.91 Å². The smallest absolute Gasteiger partial charge is 0.224 e. The first-order chi connectivity index (χ1) is 9.12. The third-order valence-corrected chi connectivity index (χ3v) is 2.72. The van der Waals surface area contributed by atoms with Crippen molar-refractivity contribution in [2.75, 3.05) is 17.8 Å². The summed E-state index contributed by atoms with van der Waals surface area (Å²) in [6, 6.07) is 4.91. The van der Waals surface area contributed by atoms with E-state index in [1.165, 1.54) is 0 Å². The van der Waals surface area contributed by atoms with E-state index in [1.54, 1.807) is 18.2 Å². The van der Waals surface area contributed by atoms with Crippen LogP contribution in [0.25, 0.3) is 0 Å². The first-order valence-electron chi connectivity index (χ1n) is 6.28. The van der Waals surface area contributed by atoms with E-state index in [9.17, 15) is 9.59 Å². The number of benzene rings is 1. The van der Waals surface area contributed by atoms with Crippen LogP contribution >= 0.6 is 11.6 Å². The molecule has 0 radical (unpaired) electrons. The van der Waals surface area contributed by atoms with Gasteiger partial charge in [-0.05, 0) is 31.5 Å². The van der Waals surface area contributed by atoms with Crippen LogP contribution in [0.4, 0.5) is 5.69 Å². The zero-order valence-electron chi connectivity index (χ0n) is 11.2. The van der Waals surface area contributed by atoms with Crippen molar-refractivity contribution in [1.29, 1.82) is 0 Å². The molecule has 4 nitrogen and oxygen atoms in total. The molecule has 0 aliphatic rings. The molecule has 1 aromatic rings. The number of ketones is 1. The number of hydrogen-bond donors (Lipinski definition) is 1. The molecular weight excluding hydrogens is 266 g/mol. The second-order valence-electron chi connectivity index (χ2n) is 4.00. The second-order valence-corrected chi connectivity index (χ2v) is 4.27. The van der Waals surface area contributed by atoms with Crippen LogP contribution in [0.5, 0.6) is 5.75 Å². The minimum absolute atomic E-state index is 0.0696. The highest BCUT2D eigenvalue weighted by Gasteiger charge is 2.11. The lowest BCUT2D eigenvalue weighted by Gasteiger charge is -2.12. The highest BCUT2D eigenvalue weighted by molar-refractivity contribution is 6.30. The summed E-state index contributed by atoms with van der Waals surface area (Å²) in [4.78, 5) is 23.1. The van der Waals surface area contributed by atoms with Gasteiger partial charge in [0.1, 0.15) is 5.75 Å². The SMILES string of the molecule is CCCC(=O)Nc1ccc(C(=O)CCl)cc1OCC. The molecule has 0 unspecified atom stereocenters. The molecular formula is C14H18ClNO3. The van der Waals surface area contributed by atoms with Gasteiger partial charge < -0.3 is 10.1 Å². The molecule has 0 aliphatic heterocycles. The Kier molecular flexibility index (Phi) is 6.36. The Hall–Kier alpha value is -1.55. The van der Waals surface area contributed by atoms with E-state index in [0.29, 0.717) is 30.0 Å². The summed E-state index contributed by atoms with van der Waals surface area (Å²) >= 11 is 5.52. The van der Waals surface area contributed by atoms with Crippen molar-refractivity contribution in [3.05, 3.63) is 23.8 Å². The molecule has 104 valence electrons.